The lowest BCUT2D eigenvalue weighted by Crippen LogP contribution is -2.40. The topological polar surface area (TPSA) is 66.9 Å². The summed E-state index contributed by atoms with van der Waals surface area (Å²) in [7, 11) is -1.91. The molecule has 0 spiro atoms. The number of benzene rings is 2. The second-order valence-corrected chi connectivity index (χ2v) is 8.63. The first-order valence-electron chi connectivity index (χ1n) is 8.87. The molecule has 6 nitrogen and oxygen atoms in total. The van der Waals surface area contributed by atoms with E-state index >= 15 is 0 Å². The number of nitrogens with zero attached hydrogens (tertiary/aromatic N) is 2. The third-order valence-corrected chi connectivity index (χ3v) is 6.47. The molecule has 0 aliphatic carbocycles. The fourth-order valence-corrected chi connectivity index (χ4v) is 4.44. The number of sulfonamides is 1. The van der Waals surface area contributed by atoms with Gasteiger partial charge in [-0.05, 0) is 30.7 Å². The van der Waals surface area contributed by atoms with Crippen molar-refractivity contribution in [3.63, 3.8) is 0 Å². The van der Waals surface area contributed by atoms with Crippen molar-refractivity contribution in [2.24, 2.45) is 0 Å². The van der Waals surface area contributed by atoms with Gasteiger partial charge in [0.1, 0.15) is 0 Å². The summed E-state index contributed by atoms with van der Waals surface area (Å²) in [6, 6.07) is 14.2. The molecule has 7 heteroatoms. The second-order valence-electron chi connectivity index (χ2n) is 6.69. The number of amides is 1. The first kappa shape index (κ1) is 19.5. The molecule has 0 atom stereocenters. The van der Waals surface area contributed by atoms with E-state index in [9.17, 15) is 13.2 Å². The van der Waals surface area contributed by atoms with Crippen LogP contribution in [-0.2, 0) is 21.3 Å². The second kappa shape index (κ2) is 8.21. The van der Waals surface area contributed by atoms with Gasteiger partial charge in [-0.3, -0.25) is 4.79 Å². The summed E-state index contributed by atoms with van der Waals surface area (Å²) < 4.78 is 32.2. The van der Waals surface area contributed by atoms with Crippen LogP contribution in [0.15, 0.2) is 53.4 Å². The van der Waals surface area contributed by atoms with Gasteiger partial charge in [-0.2, -0.15) is 4.31 Å². The normalized spacial score (nSPS) is 15.5. The zero-order chi connectivity index (χ0) is 19.4. The average Bonchev–Trinajstić information content (AvgIpc) is 2.70. The molecule has 1 heterocycles. The Labute approximate surface area is 160 Å². The van der Waals surface area contributed by atoms with Crippen LogP contribution in [0.25, 0.3) is 0 Å². The van der Waals surface area contributed by atoms with Crippen LogP contribution >= 0.6 is 0 Å². The molecule has 0 saturated carbocycles. The van der Waals surface area contributed by atoms with Gasteiger partial charge in [0.05, 0.1) is 18.1 Å². The monoisotopic (exact) mass is 388 g/mol. The van der Waals surface area contributed by atoms with Crippen molar-refractivity contribution in [1.29, 1.82) is 0 Å². The predicted molar refractivity (Wildman–Crippen MR) is 103 cm³/mol. The first-order valence-corrected chi connectivity index (χ1v) is 10.3. The highest BCUT2D eigenvalue weighted by Crippen LogP contribution is 2.19. The number of hydrogen-bond acceptors (Lipinski definition) is 4. The molecule has 0 aromatic heterocycles. The Morgan fingerprint density at radius 2 is 1.78 bits per heavy atom. The van der Waals surface area contributed by atoms with E-state index in [1.54, 1.807) is 24.1 Å². The molecule has 3 rings (SSSR count). The zero-order valence-electron chi connectivity index (χ0n) is 15.6. The van der Waals surface area contributed by atoms with Crippen LogP contribution in [0.4, 0.5) is 0 Å². The standard InChI is InChI=1S/C20H24N2O4S/c1-16-6-8-17(9-7-16)15-21(2)20(23)18-4-3-5-19(14-18)27(24,25)22-10-12-26-13-11-22/h3-9,14H,10-13,15H2,1-2H3. The van der Waals surface area contributed by atoms with Crippen molar-refractivity contribution in [2.75, 3.05) is 33.4 Å². The summed E-state index contributed by atoms with van der Waals surface area (Å²) in [5, 5.41) is 0. The lowest BCUT2D eigenvalue weighted by Gasteiger charge is -2.26. The summed E-state index contributed by atoms with van der Waals surface area (Å²) in [5.41, 5.74) is 2.54. The molecular formula is C20H24N2O4S. The Morgan fingerprint density at radius 1 is 1.11 bits per heavy atom. The number of ether oxygens (including phenoxy) is 1. The van der Waals surface area contributed by atoms with Crippen LogP contribution in [-0.4, -0.2) is 56.9 Å². The zero-order valence-corrected chi connectivity index (χ0v) is 16.4. The molecular weight excluding hydrogens is 364 g/mol. The van der Waals surface area contributed by atoms with Gasteiger partial charge >= 0.3 is 0 Å². The Balaban J connectivity index is 1.77. The van der Waals surface area contributed by atoms with E-state index in [1.807, 2.05) is 31.2 Å². The van der Waals surface area contributed by atoms with Gasteiger partial charge in [0.25, 0.3) is 5.91 Å². The molecule has 27 heavy (non-hydrogen) atoms. The lowest BCUT2D eigenvalue weighted by molar-refractivity contribution is 0.0730. The van der Waals surface area contributed by atoms with E-state index in [0.29, 0.717) is 38.4 Å². The van der Waals surface area contributed by atoms with E-state index < -0.39 is 10.0 Å². The highest BCUT2D eigenvalue weighted by atomic mass is 32.2. The molecule has 1 aliphatic rings. The number of carbonyl (C=O) groups excluding carboxylic acids is 1. The van der Waals surface area contributed by atoms with Crippen LogP contribution in [0, 0.1) is 6.92 Å². The largest absolute Gasteiger partial charge is 0.379 e. The number of carbonyl (C=O) groups is 1. The van der Waals surface area contributed by atoms with Crippen LogP contribution in [0.3, 0.4) is 0 Å². The summed E-state index contributed by atoms with van der Waals surface area (Å²) in [4.78, 5) is 14.5. The first-order chi connectivity index (χ1) is 12.9. The smallest absolute Gasteiger partial charge is 0.253 e. The number of hydrogen-bond donors (Lipinski definition) is 0. The van der Waals surface area contributed by atoms with E-state index in [0.717, 1.165) is 11.1 Å². The van der Waals surface area contributed by atoms with Gasteiger partial charge in [0, 0.05) is 32.2 Å². The van der Waals surface area contributed by atoms with Crippen molar-refractivity contribution < 1.29 is 17.9 Å². The average molecular weight is 388 g/mol. The maximum absolute atomic E-state index is 12.8. The molecule has 1 amide bonds. The molecule has 1 fully saturated rings. The Morgan fingerprint density at radius 3 is 2.44 bits per heavy atom. The minimum Gasteiger partial charge on any atom is -0.379 e. The predicted octanol–water partition coefficient (Wildman–Crippen LogP) is 2.29. The van der Waals surface area contributed by atoms with Gasteiger partial charge in [-0.1, -0.05) is 35.9 Å². The fraction of sp³-hybridized carbons (Fsp3) is 0.350. The van der Waals surface area contributed by atoms with E-state index in [4.69, 9.17) is 4.74 Å². The molecule has 2 aromatic rings. The fourth-order valence-electron chi connectivity index (χ4n) is 2.99. The van der Waals surface area contributed by atoms with Gasteiger partial charge in [-0.15, -0.1) is 0 Å². The van der Waals surface area contributed by atoms with E-state index in [-0.39, 0.29) is 10.8 Å². The Bertz CT molecular complexity index is 904. The molecule has 144 valence electrons. The molecule has 0 radical (unpaired) electrons. The van der Waals surface area contributed by atoms with Crippen molar-refractivity contribution in [1.82, 2.24) is 9.21 Å². The molecule has 2 aromatic carbocycles. The highest BCUT2D eigenvalue weighted by molar-refractivity contribution is 7.89. The third-order valence-electron chi connectivity index (χ3n) is 4.58. The SMILES string of the molecule is Cc1ccc(CN(C)C(=O)c2cccc(S(=O)(=O)N3CCOCC3)c2)cc1. The van der Waals surface area contributed by atoms with Crippen molar-refractivity contribution >= 4 is 15.9 Å². The summed E-state index contributed by atoms with van der Waals surface area (Å²) in [6.07, 6.45) is 0. The maximum Gasteiger partial charge on any atom is 0.253 e. The quantitative estimate of drug-likeness (QED) is 0.788. The van der Waals surface area contributed by atoms with Gasteiger partial charge in [0.15, 0.2) is 0 Å². The number of aryl methyl sites for hydroxylation is 1. The van der Waals surface area contributed by atoms with Gasteiger partial charge < -0.3 is 9.64 Å². The summed E-state index contributed by atoms with van der Waals surface area (Å²) in [5.74, 6) is -0.213. The third kappa shape index (κ3) is 4.55. The molecule has 1 saturated heterocycles. The molecule has 0 bridgehead atoms. The Hall–Kier alpha value is -2.22. The van der Waals surface area contributed by atoms with Crippen LogP contribution in [0.1, 0.15) is 21.5 Å². The minimum atomic E-state index is -3.62. The molecule has 1 aliphatic heterocycles. The van der Waals surface area contributed by atoms with Crippen LogP contribution in [0.5, 0.6) is 0 Å². The minimum absolute atomic E-state index is 0.138. The van der Waals surface area contributed by atoms with Crippen LogP contribution in [0.2, 0.25) is 0 Å². The Kier molecular flexibility index (Phi) is 5.94. The summed E-state index contributed by atoms with van der Waals surface area (Å²) >= 11 is 0. The van der Waals surface area contributed by atoms with Crippen LogP contribution < -0.4 is 0 Å². The van der Waals surface area contributed by atoms with E-state index in [1.165, 1.54) is 16.4 Å². The van der Waals surface area contributed by atoms with Crippen molar-refractivity contribution in [3.8, 4) is 0 Å². The van der Waals surface area contributed by atoms with Crippen molar-refractivity contribution in [2.45, 2.75) is 18.4 Å². The molecule has 0 N–H and O–H groups in total. The van der Waals surface area contributed by atoms with Gasteiger partial charge in [-0.25, -0.2) is 8.42 Å². The maximum atomic E-state index is 12.8. The highest BCUT2D eigenvalue weighted by Gasteiger charge is 2.27. The molecule has 0 unspecified atom stereocenters. The summed E-state index contributed by atoms with van der Waals surface area (Å²) in [6.45, 7) is 3.90. The van der Waals surface area contributed by atoms with Gasteiger partial charge in [0.2, 0.25) is 10.0 Å². The number of morpholine rings is 1. The number of rotatable bonds is 5. The van der Waals surface area contributed by atoms with E-state index in [2.05, 4.69) is 0 Å². The lowest BCUT2D eigenvalue weighted by atomic mass is 10.1. The van der Waals surface area contributed by atoms with Crippen molar-refractivity contribution in [3.05, 3.63) is 65.2 Å².